The number of pyridine rings is 1. The number of nitrogens with two attached hydrogens (primary N) is 1. The van der Waals surface area contributed by atoms with Crippen LogP contribution in [0.25, 0.3) is 21.5 Å². The lowest BCUT2D eigenvalue weighted by Crippen LogP contribution is -2.08. The van der Waals surface area contributed by atoms with Crippen molar-refractivity contribution in [3.8, 4) is 11.3 Å². The number of aryl methyl sites for hydroxylation is 2. The molecule has 0 saturated heterocycles. The smallest absolute Gasteiger partial charge is 0.350 e. The fraction of sp³-hybridized carbons (Fsp3) is 0.250. The zero-order valence-electron chi connectivity index (χ0n) is 16.7. The van der Waals surface area contributed by atoms with Crippen molar-refractivity contribution in [2.24, 2.45) is 0 Å². The van der Waals surface area contributed by atoms with Gasteiger partial charge in [0.05, 0.1) is 5.69 Å². The summed E-state index contributed by atoms with van der Waals surface area (Å²) in [7, 11) is 0. The number of hydrogen-bond acceptors (Lipinski definition) is 6. The van der Waals surface area contributed by atoms with Gasteiger partial charge in [-0.25, -0.2) is 9.78 Å². The Hall–Kier alpha value is -3.12. The number of nitrogens with zero attached hydrogens (tertiary/aromatic N) is 1. The molecule has 1 aliphatic rings. The van der Waals surface area contributed by atoms with Gasteiger partial charge < -0.3 is 14.9 Å². The highest BCUT2D eigenvalue weighted by molar-refractivity contribution is 7.21. The molecule has 4 aromatic rings. The summed E-state index contributed by atoms with van der Waals surface area (Å²) in [6.07, 6.45) is 4.11. The van der Waals surface area contributed by atoms with Gasteiger partial charge in [-0.15, -0.1) is 11.3 Å². The van der Waals surface area contributed by atoms with Gasteiger partial charge in [0, 0.05) is 16.6 Å². The first-order chi connectivity index (χ1) is 14.6. The normalized spacial score (nSPS) is 13.4. The highest BCUT2D eigenvalue weighted by atomic mass is 32.1. The summed E-state index contributed by atoms with van der Waals surface area (Å²) >= 11 is 1.30. The number of benzene rings is 1. The number of nitrogen functional groups attached to an aromatic ring is 1. The van der Waals surface area contributed by atoms with Crippen molar-refractivity contribution in [2.75, 3.05) is 5.73 Å². The monoisotopic (exact) mass is 418 g/mol. The predicted octanol–water partition coefficient (Wildman–Crippen LogP) is 5.68. The van der Waals surface area contributed by atoms with Gasteiger partial charge >= 0.3 is 5.97 Å². The Morgan fingerprint density at radius 2 is 1.97 bits per heavy atom. The lowest BCUT2D eigenvalue weighted by Gasteiger charge is -2.18. The Morgan fingerprint density at radius 1 is 1.17 bits per heavy atom. The second-order valence-corrected chi connectivity index (χ2v) is 8.62. The van der Waals surface area contributed by atoms with Crippen molar-refractivity contribution < 1.29 is 13.9 Å². The molecular formula is C24H22N2O3S. The van der Waals surface area contributed by atoms with E-state index in [1.54, 1.807) is 0 Å². The molecule has 3 heterocycles. The Morgan fingerprint density at radius 3 is 2.73 bits per heavy atom. The van der Waals surface area contributed by atoms with Crippen molar-refractivity contribution in [1.29, 1.82) is 0 Å². The van der Waals surface area contributed by atoms with E-state index in [0.717, 1.165) is 64.2 Å². The van der Waals surface area contributed by atoms with Crippen LogP contribution in [0.5, 0.6) is 0 Å². The first-order valence-corrected chi connectivity index (χ1v) is 10.9. The second kappa shape index (κ2) is 7.61. The molecule has 0 atom stereocenters. The quantitative estimate of drug-likeness (QED) is 0.431. The van der Waals surface area contributed by atoms with Crippen LogP contribution in [0.2, 0.25) is 0 Å². The average molecular weight is 419 g/mol. The SMILES string of the molecule is Cc1ccc(-c2c3c(nc4sc(C(=O)OCc5ccccc5)c(N)c24)CCCC3)o1. The summed E-state index contributed by atoms with van der Waals surface area (Å²) in [6, 6.07) is 13.5. The highest BCUT2D eigenvalue weighted by Crippen LogP contribution is 2.44. The molecule has 0 radical (unpaired) electrons. The van der Waals surface area contributed by atoms with Crippen LogP contribution < -0.4 is 5.73 Å². The number of hydrogen-bond donors (Lipinski definition) is 1. The fourth-order valence-electron chi connectivity index (χ4n) is 4.09. The summed E-state index contributed by atoms with van der Waals surface area (Å²) in [6.45, 7) is 2.14. The Balaban J connectivity index is 1.60. The maximum Gasteiger partial charge on any atom is 0.350 e. The van der Waals surface area contributed by atoms with Crippen LogP contribution in [0, 0.1) is 6.92 Å². The van der Waals surface area contributed by atoms with E-state index in [1.807, 2.05) is 49.4 Å². The number of fused-ring (bicyclic) bond motifs is 2. The van der Waals surface area contributed by atoms with Crippen LogP contribution in [-0.4, -0.2) is 11.0 Å². The zero-order chi connectivity index (χ0) is 20.7. The van der Waals surface area contributed by atoms with Gasteiger partial charge in [-0.3, -0.25) is 0 Å². The molecule has 0 unspecified atom stereocenters. The first-order valence-electron chi connectivity index (χ1n) is 10.1. The van der Waals surface area contributed by atoms with Crippen LogP contribution in [-0.2, 0) is 24.2 Å². The molecule has 1 aliphatic carbocycles. The number of rotatable bonds is 4. The molecule has 3 aromatic heterocycles. The van der Waals surface area contributed by atoms with Gasteiger partial charge in [0.2, 0.25) is 0 Å². The minimum absolute atomic E-state index is 0.210. The molecule has 152 valence electrons. The van der Waals surface area contributed by atoms with Crippen LogP contribution in [0.1, 0.15) is 45.1 Å². The number of ether oxygens (including phenoxy) is 1. The first kappa shape index (κ1) is 18.9. The molecule has 0 amide bonds. The highest BCUT2D eigenvalue weighted by Gasteiger charge is 2.27. The number of aromatic nitrogens is 1. The van der Waals surface area contributed by atoms with Crippen molar-refractivity contribution in [1.82, 2.24) is 4.98 Å². The van der Waals surface area contributed by atoms with Gasteiger partial charge in [-0.2, -0.15) is 0 Å². The Labute approximate surface area is 178 Å². The molecule has 0 saturated carbocycles. The van der Waals surface area contributed by atoms with Crippen LogP contribution in [0.3, 0.4) is 0 Å². The number of furan rings is 1. The van der Waals surface area contributed by atoms with Crippen LogP contribution in [0.15, 0.2) is 46.9 Å². The third kappa shape index (κ3) is 3.27. The largest absolute Gasteiger partial charge is 0.461 e. The topological polar surface area (TPSA) is 78.3 Å². The summed E-state index contributed by atoms with van der Waals surface area (Å²) in [5.74, 6) is 1.21. The van der Waals surface area contributed by atoms with Crippen molar-refractivity contribution >= 4 is 33.2 Å². The molecule has 0 aliphatic heterocycles. The number of carbonyl (C=O) groups is 1. The molecule has 1 aromatic carbocycles. The maximum atomic E-state index is 12.8. The van der Waals surface area contributed by atoms with Gasteiger partial charge in [0.25, 0.3) is 0 Å². The van der Waals surface area contributed by atoms with Crippen molar-refractivity contribution in [3.63, 3.8) is 0 Å². The van der Waals surface area contributed by atoms with E-state index < -0.39 is 5.97 Å². The van der Waals surface area contributed by atoms with E-state index in [9.17, 15) is 4.79 Å². The summed E-state index contributed by atoms with van der Waals surface area (Å²) in [5, 5.41) is 0.807. The maximum absolute atomic E-state index is 12.8. The van der Waals surface area contributed by atoms with E-state index >= 15 is 0 Å². The third-order valence-corrected chi connectivity index (χ3v) is 6.62. The number of esters is 1. The second-order valence-electron chi connectivity index (χ2n) is 7.62. The zero-order valence-corrected chi connectivity index (χ0v) is 17.6. The van der Waals surface area contributed by atoms with E-state index in [0.29, 0.717) is 10.6 Å². The van der Waals surface area contributed by atoms with Gasteiger partial charge in [-0.05, 0) is 55.9 Å². The van der Waals surface area contributed by atoms with E-state index in [2.05, 4.69) is 0 Å². The third-order valence-electron chi connectivity index (χ3n) is 5.54. The molecule has 0 bridgehead atoms. The fourth-order valence-corrected chi connectivity index (χ4v) is 5.11. The number of anilines is 1. The lowest BCUT2D eigenvalue weighted by atomic mass is 9.89. The molecule has 5 rings (SSSR count). The molecule has 6 heteroatoms. The average Bonchev–Trinajstić information content (AvgIpc) is 3.34. The molecule has 0 spiro atoms. The summed E-state index contributed by atoms with van der Waals surface area (Å²) in [4.78, 5) is 18.9. The minimum atomic E-state index is -0.418. The number of carbonyl (C=O) groups excluding carboxylic acids is 1. The minimum Gasteiger partial charge on any atom is -0.461 e. The standard InChI is InChI=1S/C24H22N2O3S/c1-14-11-12-18(29-14)19-16-9-5-6-10-17(16)26-23-20(19)21(25)22(30-23)24(27)28-13-15-7-3-2-4-8-15/h2-4,7-8,11-12H,5-6,9-10,13,25H2,1H3. The van der Waals surface area contributed by atoms with Gasteiger partial charge in [-0.1, -0.05) is 30.3 Å². The number of thiophene rings is 1. The summed E-state index contributed by atoms with van der Waals surface area (Å²) < 4.78 is 11.5. The van der Waals surface area contributed by atoms with Gasteiger partial charge in [0.15, 0.2) is 0 Å². The predicted molar refractivity (Wildman–Crippen MR) is 119 cm³/mol. The molecule has 5 nitrogen and oxygen atoms in total. The van der Waals surface area contributed by atoms with Crippen molar-refractivity contribution in [2.45, 2.75) is 39.2 Å². The van der Waals surface area contributed by atoms with Gasteiger partial charge in [0.1, 0.15) is 27.8 Å². The lowest BCUT2D eigenvalue weighted by molar-refractivity contribution is 0.0480. The Bertz CT molecular complexity index is 1240. The van der Waals surface area contributed by atoms with Crippen molar-refractivity contribution in [3.05, 3.63) is 69.9 Å². The summed E-state index contributed by atoms with van der Waals surface area (Å²) in [5.41, 5.74) is 11.1. The Kier molecular flexibility index (Phi) is 4.79. The van der Waals surface area contributed by atoms with Crippen LogP contribution in [0.4, 0.5) is 5.69 Å². The van der Waals surface area contributed by atoms with E-state index in [4.69, 9.17) is 19.9 Å². The molecule has 2 N–H and O–H groups in total. The van der Waals surface area contributed by atoms with E-state index in [-0.39, 0.29) is 6.61 Å². The molecular weight excluding hydrogens is 396 g/mol. The molecule has 30 heavy (non-hydrogen) atoms. The molecule has 0 fully saturated rings. The van der Waals surface area contributed by atoms with E-state index in [1.165, 1.54) is 16.9 Å². The van der Waals surface area contributed by atoms with Crippen LogP contribution >= 0.6 is 11.3 Å².